The lowest BCUT2D eigenvalue weighted by Gasteiger charge is -2.27. The summed E-state index contributed by atoms with van der Waals surface area (Å²) < 4.78 is 0. The van der Waals surface area contributed by atoms with E-state index in [1.165, 1.54) is 0 Å². The SMILES string of the molecule is CC1CC(C(=O)CC2CC(=O)NC(=O)C2)=C(O)C(C)C1. The number of piperidine rings is 1. The van der Waals surface area contributed by atoms with Crippen molar-refractivity contribution in [3.8, 4) is 0 Å². The van der Waals surface area contributed by atoms with Gasteiger partial charge in [-0.15, -0.1) is 0 Å². The van der Waals surface area contributed by atoms with Crippen LogP contribution in [0, 0.1) is 17.8 Å². The molecule has 0 spiro atoms. The van der Waals surface area contributed by atoms with E-state index in [4.69, 9.17) is 0 Å². The van der Waals surface area contributed by atoms with E-state index in [-0.39, 0.29) is 54.5 Å². The van der Waals surface area contributed by atoms with E-state index in [0.29, 0.717) is 17.9 Å². The van der Waals surface area contributed by atoms with Crippen molar-refractivity contribution in [1.82, 2.24) is 5.32 Å². The molecule has 2 N–H and O–H groups in total. The van der Waals surface area contributed by atoms with Crippen LogP contribution in [0.25, 0.3) is 0 Å². The van der Waals surface area contributed by atoms with Gasteiger partial charge in [0, 0.05) is 30.8 Å². The number of carbonyl (C=O) groups is 3. The maximum Gasteiger partial charge on any atom is 0.226 e. The van der Waals surface area contributed by atoms with Gasteiger partial charge in [-0.25, -0.2) is 0 Å². The van der Waals surface area contributed by atoms with Crippen molar-refractivity contribution in [2.45, 2.75) is 46.0 Å². The number of ketones is 1. The third-order valence-corrected chi connectivity index (χ3v) is 4.12. The van der Waals surface area contributed by atoms with Gasteiger partial charge in [0.05, 0.1) is 0 Å². The molecule has 0 aromatic rings. The molecule has 0 saturated carbocycles. The Morgan fingerprint density at radius 2 is 1.80 bits per heavy atom. The lowest BCUT2D eigenvalue weighted by molar-refractivity contribution is -0.135. The first kappa shape index (κ1) is 14.8. The predicted octanol–water partition coefficient (Wildman–Crippen LogP) is 1.88. The molecule has 1 saturated heterocycles. The summed E-state index contributed by atoms with van der Waals surface area (Å²) in [6.07, 6.45) is 2.04. The van der Waals surface area contributed by atoms with Gasteiger partial charge in [-0.2, -0.15) is 0 Å². The summed E-state index contributed by atoms with van der Waals surface area (Å²) in [4.78, 5) is 34.9. The van der Waals surface area contributed by atoms with E-state index < -0.39 is 0 Å². The molecular weight excluding hydrogens is 258 g/mol. The fourth-order valence-corrected chi connectivity index (χ4v) is 3.19. The summed E-state index contributed by atoms with van der Waals surface area (Å²) in [5, 5.41) is 12.3. The smallest absolute Gasteiger partial charge is 0.226 e. The second-order valence-corrected chi connectivity index (χ2v) is 6.18. The topological polar surface area (TPSA) is 83.5 Å². The molecule has 5 nitrogen and oxygen atoms in total. The number of rotatable bonds is 3. The minimum absolute atomic E-state index is 0.00832. The van der Waals surface area contributed by atoms with E-state index in [0.717, 1.165) is 6.42 Å². The van der Waals surface area contributed by atoms with Gasteiger partial charge >= 0.3 is 0 Å². The van der Waals surface area contributed by atoms with Gasteiger partial charge in [-0.05, 0) is 24.7 Å². The molecule has 1 fully saturated rings. The van der Waals surface area contributed by atoms with E-state index >= 15 is 0 Å². The Bertz CT molecular complexity index is 464. The third kappa shape index (κ3) is 3.26. The Morgan fingerprint density at radius 3 is 2.40 bits per heavy atom. The quantitative estimate of drug-likeness (QED) is 0.773. The van der Waals surface area contributed by atoms with Crippen LogP contribution in [0.5, 0.6) is 0 Å². The number of hydrogen-bond acceptors (Lipinski definition) is 4. The summed E-state index contributed by atoms with van der Waals surface area (Å²) in [6, 6.07) is 0. The van der Waals surface area contributed by atoms with Crippen LogP contribution >= 0.6 is 0 Å². The third-order valence-electron chi connectivity index (χ3n) is 4.12. The maximum absolute atomic E-state index is 12.3. The van der Waals surface area contributed by atoms with Crippen molar-refractivity contribution in [3.05, 3.63) is 11.3 Å². The standard InChI is InChI=1S/C15H21NO4/c1-8-3-9(2)15(20)11(4-8)12(17)5-10-6-13(18)16-14(19)7-10/h8-10,20H,3-7H2,1-2H3,(H,16,18,19). The van der Waals surface area contributed by atoms with Gasteiger partial charge in [-0.1, -0.05) is 13.8 Å². The summed E-state index contributed by atoms with van der Waals surface area (Å²) in [7, 11) is 0. The molecule has 0 aromatic heterocycles. The van der Waals surface area contributed by atoms with Gasteiger partial charge in [0.15, 0.2) is 5.78 Å². The molecular formula is C15H21NO4. The Labute approximate surface area is 118 Å². The number of hydrogen-bond donors (Lipinski definition) is 2. The van der Waals surface area contributed by atoms with Crippen molar-refractivity contribution in [1.29, 1.82) is 0 Å². The summed E-state index contributed by atoms with van der Waals surface area (Å²) in [5.41, 5.74) is 0.495. The highest BCUT2D eigenvalue weighted by molar-refractivity contribution is 6.00. The van der Waals surface area contributed by atoms with E-state index in [1.54, 1.807) is 0 Å². The van der Waals surface area contributed by atoms with Crippen LogP contribution in [-0.2, 0) is 14.4 Å². The molecule has 5 heteroatoms. The number of imide groups is 1. The monoisotopic (exact) mass is 279 g/mol. The zero-order valence-corrected chi connectivity index (χ0v) is 11.9. The second kappa shape index (κ2) is 5.77. The molecule has 0 bridgehead atoms. The first-order valence-corrected chi connectivity index (χ1v) is 7.14. The average molecular weight is 279 g/mol. The summed E-state index contributed by atoms with van der Waals surface area (Å²) in [6.45, 7) is 3.98. The molecule has 20 heavy (non-hydrogen) atoms. The van der Waals surface area contributed by atoms with Crippen molar-refractivity contribution in [2.24, 2.45) is 17.8 Å². The molecule has 2 atom stereocenters. The molecule has 1 heterocycles. The molecule has 110 valence electrons. The normalized spacial score (nSPS) is 28.5. The fourth-order valence-electron chi connectivity index (χ4n) is 3.19. The first-order chi connectivity index (χ1) is 9.36. The van der Waals surface area contributed by atoms with Crippen molar-refractivity contribution in [2.75, 3.05) is 0 Å². The predicted molar refractivity (Wildman–Crippen MR) is 72.7 cm³/mol. The van der Waals surface area contributed by atoms with Gasteiger partial charge in [0.2, 0.25) is 11.8 Å². The Kier molecular flexibility index (Phi) is 4.26. The Balaban J connectivity index is 2.06. The number of nitrogens with one attached hydrogen (secondary N) is 1. The van der Waals surface area contributed by atoms with Gasteiger partial charge < -0.3 is 5.11 Å². The van der Waals surface area contributed by atoms with Gasteiger partial charge in [0.1, 0.15) is 5.76 Å². The highest BCUT2D eigenvalue weighted by atomic mass is 16.3. The van der Waals surface area contributed by atoms with Crippen molar-refractivity contribution in [3.63, 3.8) is 0 Å². The molecule has 1 aliphatic heterocycles. The van der Waals surface area contributed by atoms with E-state index in [2.05, 4.69) is 12.2 Å². The minimum Gasteiger partial charge on any atom is -0.512 e. The van der Waals surface area contributed by atoms with Crippen LogP contribution in [0.1, 0.15) is 46.0 Å². The summed E-state index contributed by atoms with van der Waals surface area (Å²) in [5.74, 6) is -0.417. The number of aliphatic hydroxyl groups is 1. The number of allylic oxidation sites excluding steroid dienone is 2. The Morgan fingerprint density at radius 1 is 1.20 bits per heavy atom. The van der Waals surface area contributed by atoms with Crippen molar-refractivity contribution < 1.29 is 19.5 Å². The molecule has 2 unspecified atom stereocenters. The van der Waals surface area contributed by atoms with Gasteiger partial charge in [0.25, 0.3) is 0 Å². The number of aliphatic hydroxyl groups excluding tert-OH is 1. The van der Waals surface area contributed by atoms with Crippen LogP contribution < -0.4 is 5.32 Å². The largest absolute Gasteiger partial charge is 0.512 e. The van der Waals surface area contributed by atoms with Crippen LogP contribution in [0.2, 0.25) is 0 Å². The fraction of sp³-hybridized carbons (Fsp3) is 0.667. The molecule has 2 rings (SSSR count). The number of carbonyl (C=O) groups excluding carboxylic acids is 3. The number of Topliss-reactive ketones (excluding diaryl/α,β-unsaturated/α-hetero) is 1. The second-order valence-electron chi connectivity index (χ2n) is 6.18. The van der Waals surface area contributed by atoms with E-state index in [9.17, 15) is 19.5 Å². The van der Waals surface area contributed by atoms with Crippen LogP contribution in [-0.4, -0.2) is 22.7 Å². The first-order valence-electron chi connectivity index (χ1n) is 7.14. The highest BCUT2D eigenvalue weighted by Gasteiger charge is 2.31. The lowest BCUT2D eigenvalue weighted by atomic mass is 9.79. The lowest BCUT2D eigenvalue weighted by Crippen LogP contribution is -2.39. The minimum atomic E-state index is -0.317. The maximum atomic E-state index is 12.3. The Hall–Kier alpha value is -1.65. The average Bonchev–Trinajstić information content (AvgIpc) is 2.32. The zero-order chi connectivity index (χ0) is 14.9. The molecule has 1 aliphatic carbocycles. The molecule has 2 aliphatic rings. The van der Waals surface area contributed by atoms with Gasteiger partial charge in [-0.3, -0.25) is 19.7 Å². The van der Waals surface area contributed by atoms with Crippen LogP contribution in [0.3, 0.4) is 0 Å². The van der Waals surface area contributed by atoms with E-state index in [1.807, 2.05) is 6.92 Å². The molecule has 0 aromatic carbocycles. The zero-order valence-electron chi connectivity index (χ0n) is 11.9. The summed E-state index contributed by atoms with van der Waals surface area (Å²) >= 11 is 0. The van der Waals surface area contributed by atoms with Crippen LogP contribution in [0.15, 0.2) is 11.3 Å². The van der Waals surface area contributed by atoms with Crippen LogP contribution in [0.4, 0.5) is 0 Å². The highest BCUT2D eigenvalue weighted by Crippen LogP contribution is 2.34. The van der Waals surface area contributed by atoms with Crippen molar-refractivity contribution >= 4 is 17.6 Å². The molecule has 0 radical (unpaired) electrons. The number of amides is 2. The molecule has 2 amide bonds.